The molecule has 1 rings (SSSR count). The third-order valence-corrected chi connectivity index (χ3v) is 3.98. The maximum Gasteiger partial charge on any atom is 0.342 e. The molecule has 0 fully saturated rings. The smallest absolute Gasteiger partial charge is 0.342 e. The predicted octanol–water partition coefficient (Wildman–Crippen LogP) is 6.01. The minimum Gasteiger partial charge on any atom is -0.431 e. The van der Waals surface area contributed by atoms with Crippen LogP contribution in [0.15, 0.2) is 42.9 Å². The van der Waals surface area contributed by atoms with Gasteiger partial charge >= 0.3 is 11.9 Å². The number of hydrogen-bond acceptors (Lipinski definition) is 4. The highest BCUT2D eigenvalue weighted by molar-refractivity contribution is 14.1. The number of allylic oxidation sites excluding steroid dienone is 2. The second-order valence-electron chi connectivity index (χ2n) is 5.57. The molecule has 0 amide bonds. The van der Waals surface area contributed by atoms with E-state index in [9.17, 15) is 9.59 Å². The number of ether oxygens (including phenoxy) is 2. The van der Waals surface area contributed by atoms with Gasteiger partial charge in [-0.1, -0.05) is 26.7 Å². The number of hydrogen-bond donors (Lipinski definition) is 0. The zero-order valence-corrected chi connectivity index (χ0v) is 17.0. The quantitative estimate of drug-likeness (QED) is 0.187. The minimum atomic E-state index is -0.487. The van der Waals surface area contributed by atoms with E-state index < -0.39 is 11.9 Å². The molecule has 0 aliphatic heterocycles. The Morgan fingerprint density at radius 1 is 0.880 bits per heavy atom. The lowest BCUT2D eigenvalue weighted by atomic mass is 10.1. The summed E-state index contributed by atoms with van der Waals surface area (Å²) in [6.07, 6.45) is 12.5. The van der Waals surface area contributed by atoms with Gasteiger partial charge in [-0.05, 0) is 78.6 Å². The van der Waals surface area contributed by atoms with Crippen molar-refractivity contribution in [2.75, 3.05) is 0 Å². The number of esters is 2. The second kappa shape index (κ2) is 12.7. The summed E-state index contributed by atoms with van der Waals surface area (Å²) in [5.41, 5.74) is 0.655. The lowest BCUT2D eigenvalue weighted by Crippen LogP contribution is -2.06. The van der Waals surface area contributed by atoms with Crippen LogP contribution in [0.4, 0.5) is 0 Å². The van der Waals surface area contributed by atoms with Crippen LogP contribution in [0, 0.1) is 3.57 Å². The van der Waals surface area contributed by atoms with Crippen molar-refractivity contribution in [3.8, 4) is 0 Å². The number of carbonyl (C=O) groups is 2. The zero-order valence-electron chi connectivity index (χ0n) is 14.8. The average Bonchev–Trinajstić information content (AvgIpc) is 2.60. The number of carbonyl (C=O) groups excluding carboxylic acids is 2. The van der Waals surface area contributed by atoms with Gasteiger partial charge in [-0.2, -0.15) is 0 Å². The van der Waals surface area contributed by atoms with Crippen molar-refractivity contribution in [1.29, 1.82) is 0 Å². The molecule has 1 aromatic carbocycles. The largest absolute Gasteiger partial charge is 0.431 e. The Hall–Kier alpha value is -1.63. The molecule has 0 spiro atoms. The van der Waals surface area contributed by atoms with Crippen molar-refractivity contribution in [2.24, 2.45) is 0 Å². The van der Waals surface area contributed by atoms with Gasteiger partial charge < -0.3 is 9.47 Å². The van der Waals surface area contributed by atoms with E-state index in [0.29, 0.717) is 11.1 Å². The summed E-state index contributed by atoms with van der Waals surface area (Å²) in [5, 5.41) is 0. The predicted molar refractivity (Wildman–Crippen MR) is 107 cm³/mol. The molecular weight excluding hydrogens is 431 g/mol. The van der Waals surface area contributed by atoms with Gasteiger partial charge in [0.15, 0.2) is 0 Å². The van der Waals surface area contributed by atoms with Gasteiger partial charge in [0, 0.05) is 3.57 Å². The van der Waals surface area contributed by atoms with Gasteiger partial charge in [0.1, 0.15) is 0 Å². The first-order valence-electron chi connectivity index (χ1n) is 8.61. The highest BCUT2D eigenvalue weighted by Gasteiger charge is 2.13. The van der Waals surface area contributed by atoms with Gasteiger partial charge in [0.2, 0.25) is 0 Å². The van der Waals surface area contributed by atoms with Crippen LogP contribution in [0.3, 0.4) is 0 Å². The molecule has 0 aliphatic carbocycles. The molecule has 0 N–H and O–H groups in total. The Morgan fingerprint density at radius 2 is 1.32 bits per heavy atom. The fraction of sp³-hybridized carbons (Fsp3) is 0.400. The molecule has 25 heavy (non-hydrogen) atoms. The van der Waals surface area contributed by atoms with E-state index in [4.69, 9.17) is 9.47 Å². The SMILES string of the molecule is CCCCC=COC(=O)c1cc(I)cc(C(=O)OC=CCCCC)c1. The van der Waals surface area contributed by atoms with E-state index in [2.05, 4.69) is 36.4 Å². The highest BCUT2D eigenvalue weighted by Crippen LogP contribution is 2.15. The average molecular weight is 456 g/mol. The minimum absolute atomic E-state index is 0.328. The first kappa shape index (κ1) is 21.4. The molecule has 0 saturated carbocycles. The first-order valence-corrected chi connectivity index (χ1v) is 9.69. The molecule has 0 saturated heterocycles. The van der Waals surface area contributed by atoms with Crippen LogP contribution in [0.25, 0.3) is 0 Å². The van der Waals surface area contributed by atoms with Crippen LogP contribution in [-0.2, 0) is 9.47 Å². The van der Waals surface area contributed by atoms with Crippen molar-refractivity contribution in [2.45, 2.75) is 52.4 Å². The fourth-order valence-corrected chi connectivity index (χ4v) is 2.63. The van der Waals surface area contributed by atoms with Crippen LogP contribution < -0.4 is 0 Å². The molecule has 136 valence electrons. The van der Waals surface area contributed by atoms with E-state index in [1.165, 1.54) is 18.6 Å². The molecular formula is C20H25IO4. The molecule has 4 nitrogen and oxygen atoms in total. The van der Waals surface area contributed by atoms with Gasteiger partial charge in [-0.15, -0.1) is 0 Å². The van der Waals surface area contributed by atoms with Gasteiger partial charge in [-0.25, -0.2) is 9.59 Å². The summed E-state index contributed by atoms with van der Waals surface area (Å²) in [5.74, 6) is -0.974. The fourth-order valence-electron chi connectivity index (χ4n) is 1.96. The standard InChI is InChI=1S/C20H25IO4/c1-3-5-7-9-11-24-19(22)16-13-17(15-18(21)14-16)20(23)25-12-10-8-6-4-2/h9-15H,3-8H2,1-2H3. The lowest BCUT2D eigenvalue weighted by Gasteiger charge is -2.05. The second-order valence-corrected chi connectivity index (χ2v) is 6.81. The van der Waals surface area contributed by atoms with E-state index in [1.807, 2.05) is 12.2 Å². The van der Waals surface area contributed by atoms with E-state index >= 15 is 0 Å². The van der Waals surface area contributed by atoms with Crippen LogP contribution >= 0.6 is 22.6 Å². The summed E-state index contributed by atoms with van der Waals surface area (Å²) in [4.78, 5) is 24.2. The van der Waals surface area contributed by atoms with Crippen molar-refractivity contribution < 1.29 is 19.1 Å². The maximum atomic E-state index is 12.1. The van der Waals surface area contributed by atoms with Crippen LogP contribution in [0.5, 0.6) is 0 Å². The van der Waals surface area contributed by atoms with Gasteiger partial charge in [-0.3, -0.25) is 0 Å². The van der Waals surface area contributed by atoms with Crippen LogP contribution in [-0.4, -0.2) is 11.9 Å². The third kappa shape index (κ3) is 8.86. The molecule has 0 atom stereocenters. The third-order valence-electron chi connectivity index (χ3n) is 3.36. The topological polar surface area (TPSA) is 52.6 Å². The number of halogens is 1. The normalized spacial score (nSPS) is 11.2. The van der Waals surface area contributed by atoms with E-state index in [1.54, 1.807) is 12.1 Å². The Balaban J connectivity index is 2.68. The molecule has 0 bridgehead atoms. The van der Waals surface area contributed by atoms with Crippen molar-refractivity contribution >= 4 is 34.5 Å². The zero-order chi connectivity index (χ0) is 18.5. The summed E-state index contributed by atoms with van der Waals surface area (Å²) in [7, 11) is 0. The number of unbranched alkanes of at least 4 members (excludes halogenated alkanes) is 4. The van der Waals surface area contributed by atoms with Crippen molar-refractivity contribution in [1.82, 2.24) is 0 Å². The number of benzene rings is 1. The Morgan fingerprint density at radius 3 is 1.72 bits per heavy atom. The maximum absolute atomic E-state index is 12.1. The summed E-state index contributed by atoms with van der Waals surface area (Å²) >= 11 is 2.06. The lowest BCUT2D eigenvalue weighted by molar-refractivity contribution is 0.0661. The molecule has 0 aromatic heterocycles. The van der Waals surface area contributed by atoms with Crippen LogP contribution in [0.2, 0.25) is 0 Å². The highest BCUT2D eigenvalue weighted by atomic mass is 127. The Bertz CT molecular complexity index is 570. The molecule has 0 heterocycles. The van der Waals surface area contributed by atoms with E-state index in [0.717, 1.165) is 42.1 Å². The number of rotatable bonds is 10. The van der Waals surface area contributed by atoms with Crippen LogP contribution in [0.1, 0.15) is 73.1 Å². The molecule has 0 aliphatic rings. The monoisotopic (exact) mass is 456 g/mol. The van der Waals surface area contributed by atoms with Gasteiger partial charge in [0.05, 0.1) is 23.7 Å². The van der Waals surface area contributed by atoms with Crippen molar-refractivity contribution in [3.63, 3.8) is 0 Å². The molecule has 5 heteroatoms. The Labute approximate surface area is 163 Å². The van der Waals surface area contributed by atoms with Gasteiger partial charge in [0.25, 0.3) is 0 Å². The molecule has 0 unspecified atom stereocenters. The summed E-state index contributed by atoms with van der Waals surface area (Å²) in [6.45, 7) is 4.21. The summed E-state index contributed by atoms with van der Waals surface area (Å²) in [6, 6.07) is 4.85. The molecule has 0 radical (unpaired) electrons. The summed E-state index contributed by atoms with van der Waals surface area (Å²) < 4.78 is 11.0. The molecule has 1 aromatic rings. The van der Waals surface area contributed by atoms with Crippen molar-refractivity contribution in [3.05, 3.63) is 57.6 Å². The van der Waals surface area contributed by atoms with E-state index in [-0.39, 0.29) is 0 Å². The first-order chi connectivity index (χ1) is 12.1. The Kier molecular flexibility index (Phi) is 10.9.